The first-order chi connectivity index (χ1) is 11.1. The minimum absolute atomic E-state index is 0.308. The van der Waals surface area contributed by atoms with Crippen molar-refractivity contribution in [2.24, 2.45) is 10.4 Å². The molecule has 0 saturated carbocycles. The van der Waals surface area contributed by atoms with Crippen molar-refractivity contribution in [3.05, 3.63) is 0 Å². The summed E-state index contributed by atoms with van der Waals surface area (Å²) in [5.41, 5.74) is 0.308. The van der Waals surface area contributed by atoms with Gasteiger partial charge in [-0.2, -0.15) is 0 Å². The fourth-order valence-corrected chi connectivity index (χ4v) is 2.27. The second kappa shape index (κ2) is 14.8. The van der Waals surface area contributed by atoms with E-state index in [2.05, 4.69) is 36.4 Å². The number of hydrogen-bond donors (Lipinski definition) is 2. The topological polar surface area (TPSA) is 54.9 Å². The summed E-state index contributed by atoms with van der Waals surface area (Å²) in [4.78, 5) is 4.29. The van der Waals surface area contributed by atoms with Crippen LogP contribution in [0.3, 0.4) is 0 Å². The lowest BCUT2D eigenvalue weighted by Crippen LogP contribution is -2.42. The van der Waals surface area contributed by atoms with Gasteiger partial charge in [-0.05, 0) is 24.7 Å². The Balaban J connectivity index is 3.70. The highest BCUT2D eigenvalue weighted by Crippen LogP contribution is 2.22. The maximum absolute atomic E-state index is 5.45. The Bertz CT molecular complexity index is 294. The van der Waals surface area contributed by atoms with E-state index in [1.807, 2.05) is 7.05 Å². The Morgan fingerprint density at radius 2 is 1.78 bits per heavy atom. The van der Waals surface area contributed by atoms with Crippen molar-refractivity contribution in [1.29, 1.82) is 0 Å². The number of rotatable bonds is 14. The van der Waals surface area contributed by atoms with Crippen LogP contribution in [0.15, 0.2) is 4.99 Å². The van der Waals surface area contributed by atoms with Crippen molar-refractivity contribution in [1.82, 2.24) is 10.6 Å². The predicted octanol–water partition coefficient (Wildman–Crippen LogP) is 3.20. The number of nitrogens with zero attached hydrogens (tertiary/aromatic N) is 1. The van der Waals surface area contributed by atoms with Crippen molar-refractivity contribution in [3.8, 4) is 0 Å². The highest BCUT2D eigenvalue weighted by atomic mass is 16.5. The fraction of sp³-hybridized carbons (Fsp3) is 0.944. The first kappa shape index (κ1) is 22.2. The molecule has 0 aliphatic rings. The third-order valence-electron chi connectivity index (χ3n) is 3.85. The van der Waals surface area contributed by atoms with Crippen molar-refractivity contribution in [3.63, 3.8) is 0 Å². The normalized spacial score (nSPS) is 12.5. The van der Waals surface area contributed by atoms with Gasteiger partial charge < -0.3 is 20.1 Å². The molecule has 0 aliphatic heterocycles. The van der Waals surface area contributed by atoms with Crippen molar-refractivity contribution in [2.75, 3.05) is 47.1 Å². The van der Waals surface area contributed by atoms with E-state index in [0.29, 0.717) is 18.6 Å². The van der Waals surface area contributed by atoms with E-state index >= 15 is 0 Å². The molecule has 0 heterocycles. The Kier molecular flexibility index (Phi) is 14.2. The summed E-state index contributed by atoms with van der Waals surface area (Å²) < 4.78 is 10.4. The van der Waals surface area contributed by atoms with Crippen LogP contribution in [-0.2, 0) is 9.47 Å². The molecule has 0 rings (SSSR count). The molecule has 0 aliphatic carbocycles. The summed E-state index contributed by atoms with van der Waals surface area (Å²) in [5, 5.41) is 6.82. The maximum Gasteiger partial charge on any atom is 0.190 e. The molecule has 0 aromatic heterocycles. The van der Waals surface area contributed by atoms with Crippen molar-refractivity contribution in [2.45, 2.75) is 59.3 Å². The Hall–Kier alpha value is -0.810. The van der Waals surface area contributed by atoms with E-state index in [9.17, 15) is 0 Å². The molecule has 138 valence electrons. The van der Waals surface area contributed by atoms with Gasteiger partial charge in [0, 0.05) is 33.9 Å². The lowest BCUT2D eigenvalue weighted by atomic mass is 9.87. The lowest BCUT2D eigenvalue weighted by molar-refractivity contribution is 0.0689. The zero-order valence-corrected chi connectivity index (χ0v) is 16.0. The van der Waals surface area contributed by atoms with Gasteiger partial charge >= 0.3 is 0 Å². The first-order valence-electron chi connectivity index (χ1n) is 9.07. The number of guanidine groups is 1. The molecule has 0 aromatic carbocycles. The molecule has 0 amide bonds. The minimum Gasteiger partial charge on any atom is -0.382 e. The Morgan fingerprint density at radius 1 is 1.00 bits per heavy atom. The van der Waals surface area contributed by atoms with Crippen LogP contribution in [0, 0.1) is 5.41 Å². The van der Waals surface area contributed by atoms with Gasteiger partial charge in [-0.15, -0.1) is 0 Å². The molecule has 0 unspecified atom stereocenters. The van der Waals surface area contributed by atoms with E-state index in [1.54, 1.807) is 7.11 Å². The van der Waals surface area contributed by atoms with Crippen LogP contribution in [0.25, 0.3) is 0 Å². The summed E-state index contributed by atoms with van der Waals surface area (Å²) in [7, 11) is 3.52. The predicted molar refractivity (Wildman–Crippen MR) is 99.2 cm³/mol. The summed E-state index contributed by atoms with van der Waals surface area (Å²) in [6, 6.07) is 0. The molecule has 5 heteroatoms. The van der Waals surface area contributed by atoms with E-state index < -0.39 is 0 Å². The van der Waals surface area contributed by atoms with Gasteiger partial charge in [-0.1, -0.05) is 40.0 Å². The third kappa shape index (κ3) is 14.5. The Labute approximate surface area is 143 Å². The second-order valence-corrected chi connectivity index (χ2v) is 6.79. The van der Waals surface area contributed by atoms with Crippen LogP contribution < -0.4 is 10.6 Å². The number of methoxy groups -OCH3 is 1. The fourth-order valence-electron chi connectivity index (χ4n) is 2.27. The molecule has 0 spiro atoms. The zero-order chi connectivity index (χ0) is 17.4. The van der Waals surface area contributed by atoms with Crippen LogP contribution in [0.2, 0.25) is 0 Å². The third-order valence-corrected chi connectivity index (χ3v) is 3.85. The monoisotopic (exact) mass is 329 g/mol. The standard InChI is InChI=1S/C18H39N3O2/c1-6-7-8-11-18(2,3)16-21-17(19-4)20-12-9-10-13-23-15-14-22-5/h6-16H2,1-5H3,(H2,19,20,21). The highest BCUT2D eigenvalue weighted by molar-refractivity contribution is 5.79. The lowest BCUT2D eigenvalue weighted by Gasteiger charge is -2.26. The quantitative estimate of drug-likeness (QED) is 0.292. The van der Waals surface area contributed by atoms with Gasteiger partial charge in [0.15, 0.2) is 5.96 Å². The van der Waals surface area contributed by atoms with Crippen LogP contribution in [-0.4, -0.2) is 53.0 Å². The van der Waals surface area contributed by atoms with Gasteiger partial charge in [-0.25, -0.2) is 0 Å². The smallest absolute Gasteiger partial charge is 0.190 e. The second-order valence-electron chi connectivity index (χ2n) is 6.79. The van der Waals surface area contributed by atoms with E-state index in [-0.39, 0.29) is 0 Å². The molecule has 0 atom stereocenters. The number of hydrogen-bond acceptors (Lipinski definition) is 3. The van der Waals surface area contributed by atoms with E-state index in [4.69, 9.17) is 9.47 Å². The zero-order valence-electron chi connectivity index (χ0n) is 16.0. The number of unbranched alkanes of at least 4 members (excludes halogenated alkanes) is 3. The van der Waals surface area contributed by atoms with Crippen molar-refractivity contribution < 1.29 is 9.47 Å². The van der Waals surface area contributed by atoms with Gasteiger partial charge in [0.1, 0.15) is 0 Å². The van der Waals surface area contributed by atoms with E-state index in [1.165, 1.54) is 25.7 Å². The molecule has 0 bridgehead atoms. The molecule has 5 nitrogen and oxygen atoms in total. The molecule has 0 radical (unpaired) electrons. The molecule has 0 aromatic rings. The maximum atomic E-state index is 5.45. The SMILES string of the molecule is CCCCCC(C)(C)CNC(=NC)NCCCCOCCOC. The highest BCUT2D eigenvalue weighted by Gasteiger charge is 2.17. The van der Waals surface area contributed by atoms with Gasteiger partial charge in [0.2, 0.25) is 0 Å². The Morgan fingerprint density at radius 3 is 2.43 bits per heavy atom. The number of aliphatic imine (C=N–C) groups is 1. The molecule has 0 fully saturated rings. The van der Waals surface area contributed by atoms with Crippen LogP contribution in [0.1, 0.15) is 59.3 Å². The first-order valence-corrected chi connectivity index (χ1v) is 9.07. The average Bonchev–Trinajstić information content (AvgIpc) is 2.53. The van der Waals surface area contributed by atoms with Crippen LogP contribution in [0.4, 0.5) is 0 Å². The van der Waals surface area contributed by atoms with Gasteiger partial charge in [-0.3, -0.25) is 4.99 Å². The van der Waals surface area contributed by atoms with E-state index in [0.717, 1.165) is 38.5 Å². The largest absolute Gasteiger partial charge is 0.382 e. The van der Waals surface area contributed by atoms with Crippen molar-refractivity contribution >= 4 is 5.96 Å². The van der Waals surface area contributed by atoms with Gasteiger partial charge in [0.25, 0.3) is 0 Å². The molecular weight excluding hydrogens is 290 g/mol. The van der Waals surface area contributed by atoms with Crippen LogP contribution in [0.5, 0.6) is 0 Å². The average molecular weight is 330 g/mol. The summed E-state index contributed by atoms with van der Waals surface area (Å²) in [6.45, 7) is 10.9. The molecule has 0 saturated heterocycles. The summed E-state index contributed by atoms with van der Waals surface area (Å²) in [5.74, 6) is 0.897. The minimum atomic E-state index is 0.308. The van der Waals surface area contributed by atoms with Crippen LogP contribution >= 0.6 is 0 Å². The number of ether oxygens (including phenoxy) is 2. The van der Waals surface area contributed by atoms with Gasteiger partial charge in [0.05, 0.1) is 13.2 Å². The molecule has 23 heavy (non-hydrogen) atoms. The molecule has 2 N–H and O–H groups in total. The summed E-state index contributed by atoms with van der Waals surface area (Å²) >= 11 is 0. The summed E-state index contributed by atoms with van der Waals surface area (Å²) in [6.07, 6.45) is 7.29. The number of nitrogens with one attached hydrogen (secondary N) is 2. The molecular formula is C18H39N3O2.